The summed E-state index contributed by atoms with van der Waals surface area (Å²) in [6, 6.07) is 40.2. The molecule has 4 nitrogen and oxygen atoms in total. The van der Waals surface area contributed by atoms with E-state index >= 15 is 0 Å². The van der Waals surface area contributed by atoms with Gasteiger partial charge in [-0.05, 0) is 180 Å². The molecule has 6 heteroatoms. The molecule has 0 saturated heterocycles. The van der Waals surface area contributed by atoms with E-state index in [0.29, 0.717) is 36.2 Å². The third kappa shape index (κ3) is 18.4. The predicted octanol–water partition coefficient (Wildman–Crippen LogP) is 23.5. The Morgan fingerprint density at radius 3 is 1.05 bits per heavy atom. The van der Waals surface area contributed by atoms with E-state index in [9.17, 15) is 9.59 Å². The Hall–Kier alpha value is -4.26. The number of rotatable bonds is 33. The summed E-state index contributed by atoms with van der Waals surface area (Å²) >= 11 is 7.11. The van der Waals surface area contributed by atoms with Crippen LogP contribution in [0, 0.1) is 11.8 Å². The van der Waals surface area contributed by atoms with E-state index in [4.69, 9.17) is 9.47 Å². The number of hydrogen-bond acceptors (Lipinski definition) is 4. The minimum atomic E-state index is -0.228. The SMILES string of the molecule is CCC[C@H]1CC[C@H](c2ccc(-c3ccc4c(-c5c(OC(=O)CCCCCCCCCCCBr)ccc6cc(-c7ccc([C@H]8CC[C@H](CCC)CC8)cc7)ccc56)c(OC(=O)CCCCCCCCCCCBr)ccc4c3)cc2)CC1. The maximum atomic E-state index is 14.0. The van der Waals surface area contributed by atoms with Crippen molar-refractivity contribution < 1.29 is 19.1 Å². The van der Waals surface area contributed by atoms with Gasteiger partial charge in [0.15, 0.2) is 0 Å². The van der Waals surface area contributed by atoms with Gasteiger partial charge in [-0.1, -0.05) is 246 Å². The first kappa shape index (κ1) is 61.8. The number of fused-ring (bicyclic) bond motifs is 2. The van der Waals surface area contributed by atoms with E-state index in [-0.39, 0.29) is 11.9 Å². The number of carbonyl (C=O) groups excluding carboxylic acids is 2. The largest absolute Gasteiger partial charge is 0.426 e. The fraction of sp³-hybridized carbons (Fsp3) is 0.541. The van der Waals surface area contributed by atoms with Gasteiger partial charge in [-0.3, -0.25) is 9.59 Å². The van der Waals surface area contributed by atoms with Crippen LogP contribution in [-0.2, 0) is 9.59 Å². The number of halogens is 2. The Bertz CT molecular complexity index is 2610. The zero-order valence-electron chi connectivity index (χ0n) is 49.1. The summed E-state index contributed by atoms with van der Waals surface area (Å²) in [5.41, 5.74) is 9.14. The van der Waals surface area contributed by atoms with Crippen LogP contribution in [0.1, 0.15) is 242 Å². The fourth-order valence-electron chi connectivity index (χ4n) is 13.5. The molecule has 0 N–H and O–H groups in total. The quantitative estimate of drug-likeness (QED) is 0.0178. The van der Waals surface area contributed by atoms with E-state index in [2.05, 4.69) is 143 Å². The van der Waals surface area contributed by atoms with Crippen LogP contribution in [0.5, 0.6) is 11.5 Å². The number of carbonyl (C=O) groups is 2. The Balaban J connectivity index is 1.09. The van der Waals surface area contributed by atoms with Crippen LogP contribution in [0.25, 0.3) is 54.9 Å². The smallest absolute Gasteiger partial charge is 0.311 e. The summed E-state index contributed by atoms with van der Waals surface area (Å²) < 4.78 is 13.1. The molecule has 0 amide bonds. The molecule has 0 bridgehead atoms. The molecule has 0 unspecified atom stereocenters. The molecule has 0 atom stereocenters. The van der Waals surface area contributed by atoms with Crippen molar-refractivity contribution in [2.45, 2.75) is 231 Å². The molecular formula is C74H96Br2O4. The van der Waals surface area contributed by atoms with E-state index in [0.717, 1.165) is 105 Å². The summed E-state index contributed by atoms with van der Waals surface area (Å²) in [6.07, 6.45) is 37.5. The lowest BCUT2D eigenvalue weighted by molar-refractivity contribution is -0.135. The van der Waals surface area contributed by atoms with Crippen molar-refractivity contribution in [3.63, 3.8) is 0 Å². The van der Waals surface area contributed by atoms with E-state index < -0.39 is 0 Å². The van der Waals surface area contributed by atoms with Crippen LogP contribution in [-0.4, -0.2) is 22.6 Å². The molecular weight excluding hydrogens is 1110 g/mol. The summed E-state index contributed by atoms with van der Waals surface area (Å²) in [7, 11) is 0. The standard InChI is InChI=1S/C74H96Br2O4/c1-3-23-55-27-31-57(32-28-55)59-35-39-61(40-36-59)63-43-47-67-65(53-63)45-49-69(79-71(77)25-19-15-11-7-5-9-13-17-21-51-75)73(67)74-68-48-44-64(62-41-37-60(38-42-62)58-33-29-56(24-4-2)30-34-58)54-66(68)46-50-70(74)80-72(78)26-20-16-12-8-6-10-14-18-22-52-76/h35-50,53-58H,3-34,51-52H2,1-2H3/t55-,56-,57-,58-. The second-order valence-electron chi connectivity index (χ2n) is 24.2. The van der Waals surface area contributed by atoms with Crippen molar-refractivity contribution in [1.29, 1.82) is 0 Å². The number of benzene rings is 6. The average molecular weight is 1210 g/mol. The van der Waals surface area contributed by atoms with Crippen molar-refractivity contribution in [3.8, 4) is 44.9 Å². The average Bonchev–Trinajstić information content (AvgIpc) is 3.51. The fourth-order valence-corrected chi connectivity index (χ4v) is 14.3. The highest BCUT2D eigenvalue weighted by molar-refractivity contribution is 9.09. The minimum Gasteiger partial charge on any atom is -0.426 e. The number of esters is 2. The van der Waals surface area contributed by atoms with Gasteiger partial charge in [0.05, 0.1) is 0 Å². The zero-order valence-corrected chi connectivity index (χ0v) is 52.3. The molecule has 0 heterocycles. The molecule has 0 aromatic heterocycles. The summed E-state index contributed by atoms with van der Waals surface area (Å²) in [5.74, 6) is 3.60. The van der Waals surface area contributed by atoms with Gasteiger partial charge in [0, 0.05) is 34.6 Å². The van der Waals surface area contributed by atoms with Gasteiger partial charge in [0.2, 0.25) is 0 Å². The van der Waals surface area contributed by atoms with E-state index in [1.165, 1.54) is 176 Å². The molecule has 2 fully saturated rings. The molecule has 430 valence electrons. The lowest BCUT2D eigenvalue weighted by Gasteiger charge is -2.28. The maximum absolute atomic E-state index is 14.0. The highest BCUT2D eigenvalue weighted by Gasteiger charge is 2.26. The Kier molecular flexibility index (Phi) is 26.1. The van der Waals surface area contributed by atoms with Gasteiger partial charge in [-0.25, -0.2) is 0 Å². The first-order valence-electron chi connectivity index (χ1n) is 32.2. The Morgan fingerprint density at radius 1 is 0.388 bits per heavy atom. The van der Waals surface area contributed by atoms with Crippen LogP contribution < -0.4 is 9.47 Å². The first-order chi connectivity index (χ1) is 39.3. The molecule has 80 heavy (non-hydrogen) atoms. The molecule has 2 aliphatic rings. The minimum absolute atomic E-state index is 0.228. The highest BCUT2D eigenvalue weighted by Crippen LogP contribution is 2.48. The monoisotopic (exact) mass is 1210 g/mol. The summed E-state index contributed by atoms with van der Waals surface area (Å²) in [5, 5.41) is 6.16. The van der Waals surface area contributed by atoms with E-state index in [1.54, 1.807) is 0 Å². The van der Waals surface area contributed by atoms with Crippen molar-refractivity contribution in [2.75, 3.05) is 10.7 Å². The van der Waals surface area contributed by atoms with Crippen molar-refractivity contribution in [2.24, 2.45) is 11.8 Å². The molecule has 6 aromatic carbocycles. The molecule has 8 rings (SSSR count). The normalized spacial score (nSPS) is 17.5. The lowest BCUT2D eigenvalue weighted by Crippen LogP contribution is -2.13. The van der Waals surface area contributed by atoms with Gasteiger partial charge >= 0.3 is 11.9 Å². The Morgan fingerprint density at radius 2 is 0.713 bits per heavy atom. The first-order valence-corrected chi connectivity index (χ1v) is 34.5. The lowest BCUT2D eigenvalue weighted by atomic mass is 9.77. The third-order valence-corrected chi connectivity index (χ3v) is 19.3. The molecule has 0 aliphatic heterocycles. The second kappa shape index (κ2) is 33.7. The third-order valence-electron chi connectivity index (χ3n) is 18.2. The number of hydrogen-bond donors (Lipinski definition) is 0. The van der Waals surface area contributed by atoms with Gasteiger partial charge in [-0.15, -0.1) is 0 Å². The molecule has 2 saturated carbocycles. The Labute approximate surface area is 500 Å². The van der Waals surface area contributed by atoms with Crippen molar-refractivity contribution in [3.05, 3.63) is 120 Å². The molecule has 0 radical (unpaired) electrons. The van der Waals surface area contributed by atoms with Crippen LogP contribution in [0.15, 0.2) is 109 Å². The second-order valence-corrected chi connectivity index (χ2v) is 25.8. The van der Waals surface area contributed by atoms with Gasteiger partial charge in [-0.2, -0.15) is 0 Å². The number of ether oxygens (including phenoxy) is 2. The van der Waals surface area contributed by atoms with Crippen LogP contribution in [0.4, 0.5) is 0 Å². The zero-order chi connectivity index (χ0) is 55.7. The highest BCUT2D eigenvalue weighted by atomic mass is 79.9. The molecule has 6 aromatic rings. The van der Waals surface area contributed by atoms with Crippen LogP contribution in [0.3, 0.4) is 0 Å². The summed E-state index contributed by atoms with van der Waals surface area (Å²) in [4.78, 5) is 28.1. The van der Waals surface area contributed by atoms with Crippen molar-refractivity contribution >= 4 is 65.3 Å². The van der Waals surface area contributed by atoms with Gasteiger partial charge in [0.1, 0.15) is 11.5 Å². The number of unbranched alkanes of at least 4 members (excludes halogenated alkanes) is 16. The van der Waals surface area contributed by atoms with Gasteiger partial charge < -0.3 is 9.47 Å². The van der Waals surface area contributed by atoms with E-state index in [1.807, 2.05) is 12.1 Å². The predicted molar refractivity (Wildman–Crippen MR) is 348 cm³/mol. The molecule has 2 aliphatic carbocycles. The van der Waals surface area contributed by atoms with Gasteiger partial charge in [0.25, 0.3) is 0 Å². The topological polar surface area (TPSA) is 52.6 Å². The number of alkyl halides is 2. The summed E-state index contributed by atoms with van der Waals surface area (Å²) in [6.45, 7) is 4.63. The van der Waals surface area contributed by atoms with Crippen molar-refractivity contribution in [1.82, 2.24) is 0 Å². The molecule has 0 spiro atoms. The van der Waals surface area contributed by atoms with Crippen LogP contribution in [0.2, 0.25) is 0 Å². The van der Waals surface area contributed by atoms with Crippen LogP contribution >= 0.6 is 31.9 Å². The maximum Gasteiger partial charge on any atom is 0.311 e.